The Bertz CT molecular complexity index is 1270. The SMILES string of the molecule is CCOCCCNc1nc2ccc(C)cn2c(=O)c1/C=C1/SC(=S)N(Cc2ccco2)C1=O. The third-order valence-electron chi connectivity index (χ3n) is 5.01. The number of nitrogens with zero attached hydrogens (tertiary/aromatic N) is 3. The first kappa shape index (κ1) is 23.2. The maximum atomic E-state index is 13.4. The van der Waals surface area contributed by atoms with E-state index in [0.29, 0.717) is 51.8 Å². The highest BCUT2D eigenvalue weighted by atomic mass is 32.2. The van der Waals surface area contributed by atoms with E-state index in [2.05, 4.69) is 10.3 Å². The van der Waals surface area contributed by atoms with E-state index in [-0.39, 0.29) is 18.0 Å². The van der Waals surface area contributed by atoms with Gasteiger partial charge in [-0.1, -0.05) is 30.0 Å². The molecule has 8 nitrogen and oxygen atoms in total. The summed E-state index contributed by atoms with van der Waals surface area (Å²) in [6.07, 6.45) is 5.63. The van der Waals surface area contributed by atoms with Crippen LogP contribution < -0.4 is 10.9 Å². The minimum Gasteiger partial charge on any atom is -0.467 e. The number of aromatic nitrogens is 2. The lowest BCUT2D eigenvalue weighted by molar-refractivity contribution is -0.122. The molecular formula is C23H24N4O4S2. The normalized spacial score (nSPS) is 15.2. The molecule has 1 saturated heterocycles. The lowest BCUT2D eigenvalue weighted by Crippen LogP contribution is -2.27. The van der Waals surface area contributed by atoms with Crippen molar-refractivity contribution in [1.82, 2.24) is 14.3 Å². The molecule has 33 heavy (non-hydrogen) atoms. The third kappa shape index (κ3) is 5.18. The van der Waals surface area contributed by atoms with Crippen LogP contribution in [0.5, 0.6) is 0 Å². The molecule has 0 unspecified atom stereocenters. The van der Waals surface area contributed by atoms with Crippen molar-refractivity contribution in [1.29, 1.82) is 0 Å². The van der Waals surface area contributed by atoms with Gasteiger partial charge in [-0.2, -0.15) is 0 Å². The average molecular weight is 485 g/mol. The molecule has 0 aliphatic carbocycles. The van der Waals surface area contributed by atoms with Gasteiger partial charge in [0, 0.05) is 26.0 Å². The number of aryl methyl sites for hydroxylation is 1. The predicted molar refractivity (Wildman–Crippen MR) is 133 cm³/mol. The fourth-order valence-corrected chi connectivity index (χ4v) is 4.61. The molecule has 0 atom stereocenters. The van der Waals surface area contributed by atoms with Gasteiger partial charge in [-0.05, 0) is 50.1 Å². The van der Waals surface area contributed by atoms with Crippen LogP contribution in [0.2, 0.25) is 0 Å². The zero-order chi connectivity index (χ0) is 23.4. The van der Waals surface area contributed by atoms with Crippen LogP contribution in [-0.4, -0.2) is 44.3 Å². The van der Waals surface area contributed by atoms with E-state index < -0.39 is 0 Å². The van der Waals surface area contributed by atoms with Crippen LogP contribution in [0.3, 0.4) is 0 Å². The summed E-state index contributed by atoms with van der Waals surface area (Å²) in [4.78, 5) is 32.9. The zero-order valence-corrected chi connectivity index (χ0v) is 20.0. The number of anilines is 1. The Hall–Kier alpha value is -2.95. The minimum absolute atomic E-state index is 0.242. The van der Waals surface area contributed by atoms with E-state index in [4.69, 9.17) is 21.4 Å². The number of carbonyl (C=O) groups is 1. The molecule has 3 aromatic rings. The summed E-state index contributed by atoms with van der Waals surface area (Å²) in [7, 11) is 0. The second-order valence-corrected chi connectivity index (χ2v) is 9.11. The highest BCUT2D eigenvalue weighted by Crippen LogP contribution is 2.34. The first-order valence-electron chi connectivity index (χ1n) is 10.6. The monoisotopic (exact) mass is 484 g/mol. The Morgan fingerprint density at radius 3 is 2.91 bits per heavy atom. The molecule has 1 fully saturated rings. The topological polar surface area (TPSA) is 89.1 Å². The fraction of sp³-hybridized carbons (Fsp3) is 0.304. The lowest BCUT2D eigenvalue weighted by atomic mass is 10.2. The molecule has 172 valence electrons. The number of carbonyl (C=O) groups excluding carboxylic acids is 1. The Labute approximate surface area is 200 Å². The van der Waals surface area contributed by atoms with Crippen LogP contribution in [0.4, 0.5) is 5.82 Å². The highest BCUT2D eigenvalue weighted by molar-refractivity contribution is 8.26. The molecule has 4 heterocycles. The molecule has 1 N–H and O–H groups in total. The fourth-order valence-electron chi connectivity index (χ4n) is 3.37. The smallest absolute Gasteiger partial charge is 0.267 e. The number of amides is 1. The number of furan rings is 1. The van der Waals surface area contributed by atoms with Gasteiger partial charge in [0.25, 0.3) is 11.5 Å². The number of rotatable bonds is 9. The Morgan fingerprint density at radius 1 is 1.30 bits per heavy atom. The molecular weight excluding hydrogens is 460 g/mol. The molecule has 3 aromatic heterocycles. The van der Waals surface area contributed by atoms with Crippen molar-refractivity contribution in [3.8, 4) is 0 Å². The minimum atomic E-state index is -0.266. The standard InChI is InChI=1S/C23H24N4O4S2/c1-3-30-10-5-9-24-20-17(21(28)26-13-15(2)7-8-19(26)25-20)12-18-22(29)27(23(32)33-18)14-16-6-4-11-31-16/h4,6-8,11-13,24H,3,5,9-10,14H2,1-2H3/b18-12+. The number of thioether (sulfide) groups is 1. The molecule has 0 spiro atoms. The largest absolute Gasteiger partial charge is 0.467 e. The maximum absolute atomic E-state index is 13.4. The van der Waals surface area contributed by atoms with Crippen molar-refractivity contribution >= 4 is 51.7 Å². The van der Waals surface area contributed by atoms with Crippen molar-refractivity contribution < 1.29 is 13.9 Å². The van der Waals surface area contributed by atoms with Crippen LogP contribution in [0.15, 0.2) is 50.8 Å². The number of fused-ring (bicyclic) bond motifs is 1. The number of hydrogen-bond donors (Lipinski definition) is 1. The van der Waals surface area contributed by atoms with Crippen molar-refractivity contribution in [2.45, 2.75) is 26.8 Å². The Morgan fingerprint density at radius 2 is 2.15 bits per heavy atom. The van der Waals surface area contributed by atoms with Gasteiger partial charge in [0.1, 0.15) is 21.5 Å². The highest BCUT2D eigenvalue weighted by Gasteiger charge is 2.33. The number of ether oxygens (including phenoxy) is 1. The van der Waals surface area contributed by atoms with Gasteiger partial charge in [0.2, 0.25) is 0 Å². The number of thiocarbonyl (C=S) groups is 1. The van der Waals surface area contributed by atoms with E-state index in [1.54, 1.807) is 36.7 Å². The summed E-state index contributed by atoms with van der Waals surface area (Å²) in [5.74, 6) is 0.793. The molecule has 10 heteroatoms. The van der Waals surface area contributed by atoms with Gasteiger partial charge in [-0.3, -0.25) is 18.9 Å². The van der Waals surface area contributed by atoms with E-state index in [9.17, 15) is 9.59 Å². The summed E-state index contributed by atoms with van der Waals surface area (Å²) in [5, 5.41) is 3.24. The number of hydrogen-bond acceptors (Lipinski definition) is 8. The van der Waals surface area contributed by atoms with Crippen molar-refractivity contribution in [3.63, 3.8) is 0 Å². The summed E-state index contributed by atoms with van der Waals surface area (Å²) < 4.78 is 12.6. The third-order valence-corrected chi connectivity index (χ3v) is 6.39. The van der Waals surface area contributed by atoms with E-state index in [0.717, 1.165) is 23.7 Å². The van der Waals surface area contributed by atoms with E-state index in [1.807, 2.05) is 19.9 Å². The van der Waals surface area contributed by atoms with Crippen LogP contribution in [0.1, 0.15) is 30.2 Å². The Balaban J connectivity index is 1.68. The number of pyridine rings is 1. The second-order valence-electron chi connectivity index (χ2n) is 7.44. The molecule has 0 radical (unpaired) electrons. The predicted octanol–water partition coefficient (Wildman–Crippen LogP) is 3.84. The molecule has 0 aromatic carbocycles. The molecule has 1 aliphatic rings. The Kier molecular flexibility index (Phi) is 7.26. The average Bonchev–Trinajstić information content (AvgIpc) is 3.40. The van der Waals surface area contributed by atoms with E-state index >= 15 is 0 Å². The van der Waals surface area contributed by atoms with Crippen molar-refractivity contribution in [2.75, 3.05) is 25.1 Å². The van der Waals surface area contributed by atoms with Gasteiger partial charge >= 0.3 is 0 Å². The molecule has 1 amide bonds. The van der Waals surface area contributed by atoms with Crippen LogP contribution >= 0.6 is 24.0 Å². The quantitative estimate of drug-likeness (QED) is 0.278. The van der Waals surface area contributed by atoms with E-state index in [1.165, 1.54) is 9.30 Å². The number of nitrogens with one attached hydrogen (secondary N) is 1. The summed E-state index contributed by atoms with van der Waals surface area (Å²) >= 11 is 6.57. The molecule has 4 rings (SSSR count). The molecule has 0 saturated carbocycles. The first-order valence-corrected chi connectivity index (χ1v) is 11.8. The van der Waals surface area contributed by atoms with Crippen LogP contribution in [0.25, 0.3) is 11.7 Å². The lowest BCUT2D eigenvalue weighted by Gasteiger charge is -2.12. The molecule has 0 bridgehead atoms. The summed E-state index contributed by atoms with van der Waals surface area (Å²) in [5.41, 5.74) is 1.51. The van der Waals surface area contributed by atoms with Crippen molar-refractivity contribution in [3.05, 3.63) is 68.9 Å². The van der Waals surface area contributed by atoms with Crippen LogP contribution in [0, 0.1) is 6.92 Å². The summed E-state index contributed by atoms with van der Waals surface area (Å²) in [6.45, 7) is 5.93. The maximum Gasteiger partial charge on any atom is 0.267 e. The van der Waals surface area contributed by atoms with Crippen LogP contribution in [-0.2, 0) is 16.1 Å². The van der Waals surface area contributed by atoms with Gasteiger partial charge < -0.3 is 14.5 Å². The van der Waals surface area contributed by atoms with Crippen molar-refractivity contribution in [2.24, 2.45) is 0 Å². The van der Waals surface area contributed by atoms with Gasteiger partial charge in [-0.15, -0.1) is 0 Å². The second kappa shape index (κ2) is 10.3. The van der Waals surface area contributed by atoms with Gasteiger partial charge in [0.05, 0.1) is 23.3 Å². The first-order chi connectivity index (χ1) is 16.0. The summed E-state index contributed by atoms with van der Waals surface area (Å²) in [6, 6.07) is 7.25. The van der Waals surface area contributed by atoms with Gasteiger partial charge in [-0.25, -0.2) is 4.98 Å². The molecule has 1 aliphatic heterocycles. The zero-order valence-electron chi connectivity index (χ0n) is 18.4. The van der Waals surface area contributed by atoms with Gasteiger partial charge in [0.15, 0.2) is 0 Å².